The van der Waals surface area contributed by atoms with Gasteiger partial charge in [-0.3, -0.25) is 4.79 Å². The van der Waals surface area contributed by atoms with Crippen molar-refractivity contribution in [2.75, 3.05) is 6.54 Å². The van der Waals surface area contributed by atoms with Gasteiger partial charge in [-0.1, -0.05) is 27.7 Å². The third kappa shape index (κ3) is 4.95. The van der Waals surface area contributed by atoms with Crippen LogP contribution in [0.4, 0.5) is 0 Å². The predicted octanol–water partition coefficient (Wildman–Crippen LogP) is 3.20. The minimum atomic E-state index is -0.0221. The minimum absolute atomic E-state index is 0.0221. The van der Waals surface area contributed by atoms with Crippen molar-refractivity contribution < 1.29 is 0 Å². The first kappa shape index (κ1) is 16.2. The van der Waals surface area contributed by atoms with Gasteiger partial charge in [0.15, 0.2) is 0 Å². The van der Waals surface area contributed by atoms with Gasteiger partial charge in [-0.15, -0.1) is 0 Å². The number of aromatic amines is 1. The Morgan fingerprint density at radius 1 is 1.38 bits per heavy atom. The summed E-state index contributed by atoms with van der Waals surface area (Å²) in [6, 6.07) is 1.61. The Bertz CT molecular complexity index is 509. The number of hydrogen-bond acceptors (Lipinski definition) is 3. The molecule has 0 radical (unpaired) electrons. The molecule has 1 aromatic rings. The molecule has 1 aliphatic carbocycles. The molecule has 0 saturated heterocycles. The molecule has 21 heavy (non-hydrogen) atoms. The van der Waals surface area contributed by atoms with E-state index in [1.165, 1.54) is 12.8 Å². The molecule has 2 N–H and O–H groups in total. The summed E-state index contributed by atoms with van der Waals surface area (Å²) in [4.78, 5) is 19.5. The molecular formula is C17H29N3O. The lowest BCUT2D eigenvalue weighted by molar-refractivity contribution is 0.220. The van der Waals surface area contributed by atoms with Gasteiger partial charge in [-0.05, 0) is 43.6 Å². The van der Waals surface area contributed by atoms with Crippen molar-refractivity contribution >= 4 is 0 Å². The molecule has 2 rings (SSSR count). The standard InChI is InChI=1S/C17H29N3O/c1-12(2)10-18-11-14-9-15(21)20-16(19-14)13-5-7-17(3,4)8-6-13/h9,12-13,18H,5-8,10-11H2,1-4H3,(H,19,20,21). The van der Waals surface area contributed by atoms with Gasteiger partial charge >= 0.3 is 0 Å². The van der Waals surface area contributed by atoms with Crippen molar-refractivity contribution in [2.24, 2.45) is 11.3 Å². The van der Waals surface area contributed by atoms with Crippen LogP contribution in [0.5, 0.6) is 0 Å². The summed E-state index contributed by atoms with van der Waals surface area (Å²) in [5, 5.41) is 3.36. The summed E-state index contributed by atoms with van der Waals surface area (Å²) >= 11 is 0. The molecule has 1 saturated carbocycles. The summed E-state index contributed by atoms with van der Waals surface area (Å²) in [6.07, 6.45) is 4.66. The largest absolute Gasteiger partial charge is 0.311 e. The second kappa shape index (κ2) is 6.73. The molecule has 0 bridgehead atoms. The highest BCUT2D eigenvalue weighted by Gasteiger charge is 2.28. The van der Waals surface area contributed by atoms with E-state index in [0.29, 0.717) is 23.8 Å². The maximum absolute atomic E-state index is 11.9. The van der Waals surface area contributed by atoms with Crippen molar-refractivity contribution in [3.63, 3.8) is 0 Å². The Balaban J connectivity index is 2.03. The van der Waals surface area contributed by atoms with Crippen LogP contribution in [0, 0.1) is 11.3 Å². The van der Waals surface area contributed by atoms with Crippen LogP contribution in [0.15, 0.2) is 10.9 Å². The van der Waals surface area contributed by atoms with Crippen LogP contribution in [0.1, 0.15) is 70.8 Å². The van der Waals surface area contributed by atoms with Crippen LogP contribution >= 0.6 is 0 Å². The van der Waals surface area contributed by atoms with E-state index in [1.807, 2.05) is 0 Å². The van der Waals surface area contributed by atoms with Crippen LogP contribution < -0.4 is 10.9 Å². The molecule has 1 heterocycles. The van der Waals surface area contributed by atoms with Gasteiger partial charge in [0, 0.05) is 18.5 Å². The molecule has 0 aromatic carbocycles. The zero-order chi connectivity index (χ0) is 15.5. The first-order valence-electron chi connectivity index (χ1n) is 8.16. The van der Waals surface area contributed by atoms with Gasteiger partial charge < -0.3 is 10.3 Å². The van der Waals surface area contributed by atoms with Crippen molar-refractivity contribution in [1.29, 1.82) is 0 Å². The third-order valence-corrected chi connectivity index (χ3v) is 4.40. The molecule has 1 aromatic heterocycles. The molecular weight excluding hydrogens is 262 g/mol. The van der Waals surface area contributed by atoms with Gasteiger partial charge in [0.1, 0.15) is 5.82 Å². The number of H-pyrrole nitrogens is 1. The molecule has 0 unspecified atom stereocenters. The summed E-state index contributed by atoms with van der Waals surface area (Å²) in [5.41, 5.74) is 1.28. The lowest BCUT2D eigenvalue weighted by atomic mass is 9.73. The van der Waals surface area contributed by atoms with Crippen LogP contribution in [0.2, 0.25) is 0 Å². The van der Waals surface area contributed by atoms with Gasteiger partial charge in [0.2, 0.25) is 0 Å². The zero-order valence-corrected chi connectivity index (χ0v) is 13.8. The molecule has 1 fully saturated rings. The van der Waals surface area contributed by atoms with E-state index in [0.717, 1.165) is 30.9 Å². The predicted molar refractivity (Wildman–Crippen MR) is 86.4 cm³/mol. The van der Waals surface area contributed by atoms with E-state index < -0.39 is 0 Å². The first-order chi connectivity index (χ1) is 9.85. The fraction of sp³-hybridized carbons (Fsp3) is 0.765. The molecule has 4 nitrogen and oxygen atoms in total. The maximum atomic E-state index is 11.9. The number of nitrogens with one attached hydrogen (secondary N) is 2. The summed E-state index contributed by atoms with van der Waals surface area (Å²) in [5.74, 6) is 1.90. The van der Waals surface area contributed by atoms with E-state index in [2.05, 4.69) is 43.0 Å². The van der Waals surface area contributed by atoms with Crippen molar-refractivity contribution in [2.45, 2.75) is 65.8 Å². The average Bonchev–Trinajstić information content (AvgIpc) is 2.37. The topological polar surface area (TPSA) is 57.8 Å². The lowest BCUT2D eigenvalue weighted by Gasteiger charge is -2.33. The highest BCUT2D eigenvalue weighted by atomic mass is 16.1. The van der Waals surface area contributed by atoms with Crippen molar-refractivity contribution in [3.05, 3.63) is 27.9 Å². The molecule has 1 aliphatic rings. The number of nitrogens with zero attached hydrogens (tertiary/aromatic N) is 1. The lowest BCUT2D eigenvalue weighted by Crippen LogP contribution is -2.25. The SMILES string of the molecule is CC(C)CNCc1cc(=O)[nH]c(C2CCC(C)(C)CC2)n1. The second-order valence-corrected chi connectivity index (χ2v) is 7.59. The van der Waals surface area contributed by atoms with Gasteiger partial charge in [0.05, 0.1) is 5.69 Å². The van der Waals surface area contributed by atoms with E-state index in [4.69, 9.17) is 0 Å². The summed E-state index contributed by atoms with van der Waals surface area (Å²) in [7, 11) is 0. The highest BCUT2D eigenvalue weighted by molar-refractivity contribution is 5.07. The first-order valence-corrected chi connectivity index (χ1v) is 8.16. The fourth-order valence-corrected chi connectivity index (χ4v) is 2.97. The number of rotatable bonds is 5. The monoisotopic (exact) mass is 291 g/mol. The third-order valence-electron chi connectivity index (χ3n) is 4.40. The van der Waals surface area contributed by atoms with Crippen molar-refractivity contribution in [3.8, 4) is 0 Å². The summed E-state index contributed by atoms with van der Waals surface area (Å²) in [6.45, 7) is 10.6. The molecule has 0 amide bonds. The van der Waals surface area contributed by atoms with E-state index in [-0.39, 0.29) is 5.56 Å². The Morgan fingerprint density at radius 3 is 2.67 bits per heavy atom. The number of hydrogen-bond donors (Lipinski definition) is 2. The van der Waals surface area contributed by atoms with Gasteiger partial charge in [0.25, 0.3) is 5.56 Å². The van der Waals surface area contributed by atoms with E-state index >= 15 is 0 Å². The van der Waals surface area contributed by atoms with Gasteiger partial charge in [-0.25, -0.2) is 4.98 Å². The van der Waals surface area contributed by atoms with Crippen LogP contribution in [0.3, 0.4) is 0 Å². The molecule has 0 atom stereocenters. The highest BCUT2D eigenvalue weighted by Crippen LogP contribution is 2.41. The Labute approximate surface area is 127 Å². The quantitative estimate of drug-likeness (QED) is 0.876. The van der Waals surface area contributed by atoms with Crippen molar-refractivity contribution in [1.82, 2.24) is 15.3 Å². The minimum Gasteiger partial charge on any atom is -0.311 e. The zero-order valence-electron chi connectivity index (χ0n) is 13.8. The van der Waals surface area contributed by atoms with Crippen LogP contribution in [0.25, 0.3) is 0 Å². The molecule has 0 spiro atoms. The average molecular weight is 291 g/mol. The number of aromatic nitrogens is 2. The second-order valence-electron chi connectivity index (χ2n) is 7.59. The van der Waals surface area contributed by atoms with Crippen LogP contribution in [-0.4, -0.2) is 16.5 Å². The Morgan fingerprint density at radius 2 is 2.05 bits per heavy atom. The molecule has 118 valence electrons. The summed E-state index contributed by atoms with van der Waals surface area (Å²) < 4.78 is 0. The fourth-order valence-electron chi connectivity index (χ4n) is 2.97. The Kier molecular flexibility index (Phi) is 5.20. The molecule has 0 aliphatic heterocycles. The smallest absolute Gasteiger partial charge is 0.251 e. The van der Waals surface area contributed by atoms with E-state index in [1.54, 1.807) is 6.07 Å². The van der Waals surface area contributed by atoms with Crippen LogP contribution in [-0.2, 0) is 6.54 Å². The normalized spacial score (nSPS) is 19.1. The molecule has 4 heteroatoms. The van der Waals surface area contributed by atoms with Gasteiger partial charge in [-0.2, -0.15) is 0 Å². The maximum Gasteiger partial charge on any atom is 0.251 e. The van der Waals surface area contributed by atoms with E-state index in [9.17, 15) is 4.79 Å². The Hall–Kier alpha value is -1.16.